The summed E-state index contributed by atoms with van der Waals surface area (Å²) in [5.74, 6) is 1.42. The van der Waals surface area contributed by atoms with Crippen molar-refractivity contribution in [3.63, 3.8) is 0 Å². The van der Waals surface area contributed by atoms with Gasteiger partial charge < -0.3 is 14.0 Å². The van der Waals surface area contributed by atoms with Gasteiger partial charge in [-0.15, -0.1) is 0 Å². The number of aromatic nitrogens is 2. The number of amides is 1. The molecule has 0 spiro atoms. The third-order valence-electron chi connectivity index (χ3n) is 4.09. The standard InChI is InChI=1S/C21H23N3O4/c1-4-15-6-10-18(11-7-15)27-14(3)19(25)22-21-23-20(28-24-21)16-8-12-17(13-9-16)26-5-2/h6-14H,4-5H2,1-3H3,(H,22,24,25)/t14-/m1/s1. The molecule has 0 bridgehead atoms. The molecule has 28 heavy (non-hydrogen) atoms. The van der Waals surface area contributed by atoms with E-state index in [9.17, 15) is 4.79 Å². The Morgan fingerprint density at radius 2 is 1.75 bits per heavy atom. The van der Waals surface area contributed by atoms with Gasteiger partial charge in [-0.05, 0) is 67.4 Å². The average molecular weight is 381 g/mol. The minimum Gasteiger partial charge on any atom is -0.494 e. The second-order valence-electron chi connectivity index (χ2n) is 6.13. The maximum absolute atomic E-state index is 12.3. The number of benzene rings is 2. The molecule has 146 valence electrons. The van der Waals surface area contributed by atoms with Gasteiger partial charge in [-0.3, -0.25) is 10.1 Å². The van der Waals surface area contributed by atoms with Crippen molar-refractivity contribution in [1.82, 2.24) is 10.1 Å². The van der Waals surface area contributed by atoms with Gasteiger partial charge in [0, 0.05) is 5.56 Å². The van der Waals surface area contributed by atoms with Gasteiger partial charge in [0.1, 0.15) is 11.5 Å². The fourth-order valence-corrected chi connectivity index (χ4v) is 2.53. The lowest BCUT2D eigenvalue weighted by Crippen LogP contribution is -2.30. The summed E-state index contributed by atoms with van der Waals surface area (Å²) in [6, 6.07) is 14.9. The monoisotopic (exact) mass is 381 g/mol. The summed E-state index contributed by atoms with van der Waals surface area (Å²) >= 11 is 0. The van der Waals surface area contributed by atoms with E-state index in [-0.39, 0.29) is 11.9 Å². The van der Waals surface area contributed by atoms with E-state index in [2.05, 4.69) is 22.4 Å². The molecule has 1 N–H and O–H groups in total. The molecule has 0 saturated heterocycles. The number of hydrogen-bond acceptors (Lipinski definition) is 6. The van der Waals surface area contributed by atoms with Crippen molar-refractivity contribution < 1.29 is 18.8 Å². The van der Waals surface area contributed by atoms with Crippen molar-refractivity contribution in [1.29, 1.82) is 0 Å². The molecule has 0 aliphatic heterocycles. The van der Waals surface area contributed by atoms with E-state index in [4.69, 9.17) is 14.0 Å². The first kappa shape index (κ1) is 19.4. The van der Waals surface area contributed by atoms with Crippen molar-refractivity contribution in [2.24, 2.45) is 0 Å². The summed E-state index contributed by atoms with van der Waals surface area (Å²) in [6.45, 7) is 6.26. The second kappa shape index (κ2) is 9.03. The molecule has 0 radical (unpaired) electrons. The number of carbonyl (C=O) groups excluding carboxylic acids is 1. The molecule has 1 amide bonds. The zero-order valence-corrected chi connectivity index (χ0v) is 16.1. The number of anilines is 1. The molecule has 1 heterocycles. The Kier molecular flexibility index (Phi) is 6.26. The van der Waals surface area contributed by atoms with Crippen LogP contribution < -0.4 is 14.8 Å². The van der Waals surface area contributed by atoms with Crippen LogP contribution in [0.1, 0.15) is 26.3 Å². The Labute approximate surface area is 163 Å². The molecule has 1 atom stereocenters. The quantitative estimate of drug-likeness (QED) is 0.632. The molecule has 0 aliphatic carbocycles. The van der Waals surface area contributed by atoms with E-state index in [0.29, 0.717) is 18.2 Å². The van der Waals surface area contributed by atoms with Crippen LogP contribution in [-0.2, 0) is 11.2 Å². The van der Waals surface area contributed by atoms with E-state index in [0.717, 1.165) is 17.7 Å². The Hall–Kier alpha value is -3.35. The Bertz CT molecular complexity index is 904. The molecule has 7 nitrogen and oxygen atoms in total. The number of carbonyl (C=O) groups is 1. The van der Waals surface area contributed by atoms with Gasteiger partial charge in [-0.1, -0.05) is 19.1 Å². The predicted molar refractivity (Wildman–Crippen MR) is 105 cm³/mol. The van der Waals surface area contributed by atoms with Crippen LogP contribution in [0.5, 0.6) is 11.5 Å². The maximum atomic E-state index is 12.3. The molecule has 0 fully saturated rings. The molecular weight excluding hydrogens is 358 g/mol. The highest BCUT2D eigenvalue weighted by Gasteiger charge is 2.18. The van der Waals surface area contributed by atoms with E-state index < -0.39 is 6.10 Å². The molecule has 3 aromatic rings. The van der Waals surface area contributed by atoms with E-state index in [1.807, 2.05) is 55.5 Å². The van der Waals surface area contributed by atoms with Crippen molar-refractivity contribution >= 4 is 11.9 Å². The molecule has 0 aliphatic rings. The highest BCUT2D eigenvalue weighted by Crippen LogP contribution is 2.22. The maximum Gasteiger partial charge on any atom is 0.270 e. The Morgan fingerprint density at radius 3 is 2.39 bits per heavy atom. The highest BCUT2D eigenvalue weighted by atomic mass is 16.5. The summed E-state index contributed by atoms with van der Waals surface area (Å²) in [5.41, 5.74) is 1.94. The van der Waals surface area contributed by atoms with E-state index in [1.165, 1.54) is 5.56 Å². The fourth-order valence-electron chi connectivity index (χ4n) is 2.53. The van der Waals surface area contributed by atoms with Crippen LogP contribution in [0.3, 0.4) is 0 Å². The van der Waals surface area contributed by atoms with Crippen molar-refractivity contribution in [2.45, 2.75) is 33.3 Å². The molecular formula is C21H23N3O4. The molecule has 3 rings (SSSR count). The van der Waals surface area contributed by atoms with Gasteiger partial charge in [0.05, 0.1) is 6.61 Å². The minimum absolute atomic E-state index is 0.0886. The topological polar surface area (TPSA) is 86.5 Å². The zero-order chi connectivity index (χ0) is 19.9. The normalized spacial score (nSPS) is 11.7. The van der Waals surface area contributed by atoms with Gasteiger partial charge >= 0.3 is 0 Å². The van der Waals surface area contributed by atoms with E-state index >= 15 is 0 Å². The summed E-state index contributed by atoms with van der Waals surface area (Å²) in [5, 5.41) is 6.40. The van der Waals surface area contributed by atoms with Crippen LogP contribution in [0, 0.1) is 0 Å². The number of ether oxygens (including phenoxy) is 2. The first-order valence-electron chi connectivity index (χ1n) is 9.22. The SMILES string of the molecule is CCOc1ccc(-c2nc(NC(=O)[C@@H](C)Oc3ccc(CC)cc3)no2)cc1. The Balaban J connectivity index is 1.59. The van der Waals surface area contributed by atoms with Gasteiger partial charge in [-0.2, -0.15) is 4.98 Å². The first-order chi connectivity index (χ1) is 13.6. The van der Waals surface area contributed by atoms with Crippen LogP contribution in [0.2, 0.25) is 0 Å². The molecule has 0 unspecified atom stereocenters. The average Bonchev–Trinajstić information content (AvgIpc) is 3.18. The summed E-state index contributed by atoms with van der Waals surface area (Å²) in [6.07, 6.45) is 0.241. The largest absolute Gasteiger partial charge is 0.494 e. The van der Waals surface area contributed by atoms with Crippen molar-refractivity contribution in [3.8, 4) is 23.0 Å². The van der Waals surface area contributed by atoms with Crippen LogP contribution in [-0.4, -0.2) is 28.8 Å². The smallest absolute Gasteiger partial charge is 0.270 e. The lowest BCUT2D eigenvalue weighted by molar-refractivity contribution is -0.122. The van der Waals surface area contributed by atoms with Gasteiger partial charge in [0.2, 0.25) is 0 Å². The summed E-state index contributed by atoms with van der Waals surface area (Å²) in [4.78, 5) is 16.5. The van der Waals surface area contributed by atoms with Crippen molar-refractivity contribution in [3.05, 3.63) is 54.1 Å². The minimum atomic E-state index is -0.708. The van der Waals surface area contributed by atoms with E-state index in [1.54, 1.807) is 6.92 Å². The van der Waals surface area contributed by atoms with Crippen LogP contribution in [0.25, 0.3) is 11.5 Å². The number of hydrogen-bond donors (Lipinski definition) is 1. The lowest BCUT2D eigenvalue weighted by atomic mass is 10.2. The number of nitrogens with zero attached hydrogens (tertiary/aromatic N) is 2. The fraction of sp³-hybridized carbons (Fsp3) is 0.286. The number of rotatable bonds is 8. The summed E-state index contributed by atoms with van der Waals surface area (Å²) in [7, 11) is 0. The van der Waals surface area contributed by atoms with Gasteiger partial charge in [0.15, 0.2) is 6.10 Å². The predicted octanol–water partition coefficient (Wildman–Crippen LogP) is 4.10. The van der Waals surface area contributed by atoms with Gasteiger partial charge in [0.25, 0.3) is 17.7 Å². The molecule has 7 heteroatoms. The Morgan fingerprint density at radius 1 is 1.07 bits per heavy atom. The number of aryl methyl sites for hydroxylation is 1. The zero-order valence-electron chi connectivity index (χ0n) is 16.1. The van der Waals surface area contributed by atoms with Crippen LogP contribution in [0.15, 0.2) is 53.1 Å². The third-order valence-corrected chi connectivity index (χ3v) is 4.09. The highest BCUT2D eigenvalue weighted by molar-refractivity contribution is 5.92. The van der Waals surface area contributed by atoms with Crippen LogP contribution in [0.4, 0.5) is 5.95 Å². The number of nitrogens with one attached hydrogen (secondary N) is 1. The summed E-state index contributed by atoms with van der Waals surface area (Å²) < 4.78 is 16.3. The molecule has 1 aromatic heterocycles. The second-order valence-corrected chi connectivity index (χ2v) is 6.13. The van der Waals surface area contributed by atoms with Crippen molar-refractivity contribution in [2.75, 3.05) is 11.9 Å². The lowest BCUT2D eigenvalue weighted by Gasteiger charge is -2.13. The molecule has 0 saturated carbocycles. The van der Waals surface area contributed by atoms with Crippen LogP contribution >= 0.6 is 0 Å². The molecule has 2 aromatic carbocycles. The van der Waals surface area contributed by atoms with Gasteiger partial charge in [-0.25, -0.2) is 0 Å². The third kappa shape index (κ3) is 4.88. The first-order valence-corrected chi connectivity index (χ1v) is 9.22.